The third kappa shape index (κ3) is 1.19. The quantitative estimate of drug-likeness (QED) is 0.610. The Morgan fingerprint density at radius 3 is 2.58 bits per heavy atom. The molecule has 1 saturated carbocycles. The van der Waals surface area contributed by atoms with E-state index in [0.29, 0.717) is 5.41 Å². The smallest absolute Gasteiger partial charge is 0.0129 e. The zero-order chi connectivity index (χ0) is 8.93. The van der Waals surface area contributed by atoms with Gasteiger partial charge < -0.3 is 4.90 Å². The van der Waals surface area contributed by atoms with Crippen molar-refractivity contribution in [2.24, 2.45) is 17.3 Å². The number of hydrogen-bond acceptors (Lipinski definition) is 1. The van der Waals surface area contributed by atoms with Gasteiger partial charge in [0.15, 0.2) is 0 Å². The molecule has 12 heavy (non-hydrogen) atoms. The van der Waals surface area contributed by atoms with Crippen LogP contribution in [0.25, 0.3) is 0 Å². The zero-order valence-corrected chi connectivity index (χ0v) is 8.80. The monoisotopic (exact) mass is 167 g/mol. The standard InChI is InChI=1S/C11H21N/c1-8(2)5-10-9-6-11(9,3)7-12(10)4/h8-10H,5-7H2,1-4H3/t9-,10+,11+/m0/s1. The predicted octanol–water partition coefficient (Wildman–Crippen LogP) is 2.37. The van der Waals surface area contributed by atoms with Crippen LogP contribution in [0.5, 0.6) is 0 Å². The van der Waals surface area contributed by atoms with Gasteiger partial charge in [0.2, 0.25) is 0 Å². The summed E-state index contributed by atoms with van der Waals surface area (Å²) in [6.07, 6.45) is 2.89. The third-order valence-corrected chi connectivity index (χ3v) is 3.78. The van der Waals surface area contributed by atoms with Gasteiger partial charge in [-0.05, 0) is 37.1 Å². The Bertz CT molecular complexity index is 187. The molecule has 0 unspecified atom stereocenters. The van der Waals surface area contributed by atoms with E-state index in [1.165, 1.54) is 19.4 Å². The Balaban J connectivity index is 1.98. The molecule has 0 N–H and O–H groups in total. The summed E-state index contributed by atoms with van der Waals surface area (Å²) < 4.78 is 0. The molecule has 1 aliphatic carbocycles. The lowest BCUT2D eigenvalue weighted by Crippen LogP contribution is -2.30. The minimum Gasteiger partial charge on any atom is -0.303 e. The number of rotatable bonds is 2. The van der Waals surface area contributed by atoms with Crippen molar-refractivity contribution in [3.05, 3.63) is 0 Å². The highest BCUT2D eigenvalue weighted by molar-refractivity contribution is 5.12. The van der Waals surface area contributed by atoms with Crippen LogP contribution >= 0.6 is 0 Å². The lowest BCUT2D eigenvalue weighted by molar-refractivity contribution is 0.231. The van der Waals surface area contributed by atoms with E-state index in [2.05, 4.69) is 32.7 Å². The second kappa shape index (κ2) is 2.47. The molecule has 1 nitrogen and oxygen atoms in total. The maximum absolute atomic E-state index is 2.58. The van der Waals surface area contributed by atoms with Crippen LogP contribution in [0.4, 0.5) is 0 Å². The fraction of sp³-hybridized carbons (Fsp3) is 1.00. The zero-order valence-electron chi connectivity index (χ0n) is 8.80. The highest BCUT2D eigenvalue weighted by atomic mass is 15.2. The molecule has 1 aliphatic heterocycles. The van der Waals surface area contributed by atoms with Gasteiger partial charge in [-0.15, -0.1) is 0 Å². The molecule has 0 spiro atoms. The molecule has 2 aliphatic rings. The summed E-state index contributed by atoms with van der Waals surface area (Å²) in [5.74, 6) is 1.89. The first kappa shape index (κ1) is 8.55. The summed E-state index contributed by atoms with van der Waals surface area (Å²) >= 11 is 0. The van der Waals surface area contributed by atoms with Gasteiger partial charge in [-0.3, -0.25) is 0 Å². The summed E-state index contributed by atoms with van der Waals surface area (Å²) in [6.45, 7) is 8.47. The fourth-order valence-electron chi connectivity index (χ4n) is 3.05. The lowest BCUT2D eigenvalue weighted by atomic mass is 9.99. The molecule has 1 heteroatoms. The Labute approximate surface area is 76.1 Å². The van der Waals surface area contributed by atoms with Crippen LogP contribution in [0.2, 0.25) is 0 Å². The topological polar surface area (TPSA) is 3.24 Å². The van der Waals surface area contributed by atoms with Crippen LogP contribution in [0.1, 0.15) is 33.6 Å². The molecule has 1 saturated heterocycles. The molecular weight excluding hydrogens is 146 g/mol. The average Bonchev–Trinajstić information content (AvgIpc) is 2.49. The highest BCUT2D eigenvalue weighted by Crippen LogP contribution is 2.61. The van der Waals surface area contributed by atoms with Gasteiger partial charge in [-0.1, -0.05) is 20.8 Å². The van der Waals surface area contributed by atoms with E-state index in [-0.39, 0.29) is 0 Å². The first-order valence-electron chi connectivity index (χ1n) is 5.23. The van der Waals surface area contributed by atoms with Crippen LogP contribution in [-0.2, 0) is 0 Å². The van der Waals surface area contributed by atoms with E-state index in [9.17, 15) is 0 Å². The minimum absolute atomic E-state index is 0.717. The maximum Gasteiger partial charge on any atom is 0.0129 e. The summed E-state index contributed by atoms with van der Waals surface area (Å²) in [6, 6.07) is 0.898. The van der Waals surface area contributed by atoms with Crippen molar-refractivity contribution in [2.45, 2.75) is 39.7 Å². The maximum atomic E-state index is 2.58. The average molecular weight is 167 g/mol. The minimum atomic E-state index is 0.717. The van der Waals surface area contributed by atoms with Gasteiger partial charge in [-0.2, -0.15) is 0 Å². The van der Waals surface area contributed by atoms with Crippen molar-refractivity contribution < 1.29 is 0 Å². The van der Waals surface area contributed by atoms with Crippen molar-refractivity contribution in [1.29, 1.82) is 0 Å². The lowest BCUT2D eigenvalue weighted by Gasteiger charge is -2.24. The molecule has 0 aromatic rings. The largest absolute Gasteiger partial charge is 0.303 e. The van der Waals surface area contributed by atoms with E-state index in [4.69, 9.17) is 0 Å². The van der Waals surface area contributed by atoms with Crippen molar-refractivity contribution in [2.75, 3.05) is 13.6 Å². The van der Waals surface area contributed by atoms with Gasteiger partial charge in [0.1, 0.15) is 0 Å². The fourth-order valence-corrected chi connectivity index (χ4v) is 3.05. The summed E-state index contributed by atoms with van der Waals surface area (Å²) in [7, 11) is 2.30. The molecule has 0 amide bonds. The van der Waals surface area contributed by atoms with Crippen LogP contribution < -0.4 is 0 Å². The van der Waals surface area contributed by atoms with E-state index >= 15 is 0 Å². The number of piperidine rings is 1. The molecule has 0 radical (unpaired) electrons. The third-order valence-electron chi connectivity index (χ3n) is 3.78. The number of fused-ring (bicyclic) bond motifs is 1. The van der Waals surface area contributed by atoms with E-state index in [1.807, 2.05) is 0 Å². The Hall–Kier alpha value is -0.0400. The molecule has 70 valence electrons. The SMILES string of the molecule is CC(C)C[C@@H]1[C@@H]2C[C@]2(C)CN1C. The van der Waals surface area contributed by atoms with Gasteiger partial charge in [0.05, 0.1) is 0 Å². The van der Waals surface area contributed by atoms with Crippen molar-refractivity contribution in [3.63, 3.8) is 0 Å². The van der Waals surface area contributed by atoms with Crippen LogP contribution in [-0.4, -0.2) is 24.5 Å². The second-order valence-corrected chi connectivity index (χ2v) is 5.58. The van der Waals surface area contributed by atoms with Gasteiger partial charge in [0, 0.05) is 12.6 Å². The van der Waals surface area contributed by atoms with Crippen LogP contribution in [0.3, 0.4) is 0 Å². The number of hydrogen-bond donors (Lipinski definition) is 0. The normalized spacial score (nSPS) is 46.8. The van der Waals surface area contributed by atoms with E-state index < -0.39 is 0 Å². The molecule has 3 atom stereocenters. The molecule has 2 rings (SSSR count). The Morgan fingerprint density at radius 1 is 1.50 bits per heavy atom. The van der Waals surface area contributed by atoms with Gasteiger partial charge in [0.25, 0.3) is 0 Å². The highest BCUT2D eigenvalue weighted by Gasteiger charge is 2.60. The molecule has 1 heterocycles. The first-order chi connectivity index (χ1) is 5.53. The van der Waals surface area contributed by atoms with Gasteiger partial charge >= 0.3 is 0 Å². The molecule has 0 aromatic heterocycles. The van der Waals surface area contributed by atoms with E-state index in [1.54, 1.807) is 0 Å². The molecule has 0 bridgehead atoms. The van der Waals surface area contributed by atoms with E-state index in [0.717, 1.165) is 17.9 Å². The Morgan fingerprint density at radius 2 is 2.17 bits per heavy atom. The van der Waals surface area contributed by atoms with Crippen molar-refractivity contribution in [1.82, 2.24) is 4.90 Å². The van der Waals surface area contributed by atoms with Gasteiger partial charge in [-0.25, -0.2) is 0 Å². The molecule has 2 fully saturated rings. The van der Waals surface area contributed by atoms with Crippen molar-refractivity contribution >= 4 is 0 Å². The van der Waals surface area contributed by atoms with Crippen molar-refractivity contribution in [3.8, 4) is 0 Å². The van der Waals surface area contributed by atoms with Crippen LogP contribution in [0, 0.1) is 17.3 Å². The summed E-state index contributed by atoms with van der Waals surface area (Å²) in [4.78, 5) is 2.58. The molecular formula is C11H21N. The summed E-state index contributed by atoms with van der Waals surface area (Å²) in [5.41, 5.74) is 0.717. The summed E-state index contributed by atoms with van der Waals surface area (Å²) in [5, 5.41) is 0. The van der Waals surface area contributed by atoms with Crippen LogP contribution in [0.15, 0.2) is 0 Å². The number of nitrogens with zero attached hydrogens (tertiary/aromatic N) is 1. The number of likely N-dealkylation sites (tertiary alicyclic amines) is 1. The molecule has 0 aromatic carbocycles. The predicted molar refractivity (Wildman–Crippen MR) is 52.1 cm³/mol. The first-order valence-corrected chi connectivity index (χ1v) is 5.23. The second-order valence-electron chi connectivity index (χ2n) is 5.58. The Kier molecular flexibility index (Phi) is 1.76.